The molecule has 0 heterocycles. The van der Waals surface area contributed by atoms with Crippen LogP contribution in [0.3, 0.4) is 0 Å². The molecular weight excluding hydrogens is 908 g/mol. The number of Topliss-reactive ketones (excluding diaryl/α,β-unsaturated/α-hetero) is 4. The summed E-state index contributed by atoms with van der Waals surface area (Å²) in [6, 6.07) is -5.97. The second-order valence-electron chi connectivity index (χ2n) is 17.4. The minimum atomic E-state index is -1.76. The van der Waals surface area contributed by atoms with Crippen LogP contribution in [0.1, 0.15) is 137 Å². The van der Waals surface area contributed by atoms with Crippen molar-refractivity contribution < 1.29 is 103 Å². The van der Waals surface area contributed by atoms with Crippen molar-refractivity contribution >= 4 is 82.6 Å². The summed E-state index contributed by atoms with van der Waals surface area (Å²) >= 11 is 0. The Bertz CT molecular complexity index is 1870. The van der Waals surface area contributed by atoms with E-state index < -0.39 is 226 Å². The molecule has 7 atom stereocenters. The lowest BCUT2D eigenvalue weighted by molar-refractivity contribution is -0.141. The number of carbonyl (C=O) groups is 14. The quantitative estimate of drug-likeness (QED) is 0.0403. The molecule has 3 amide bonds. The molecule has 0 aromatic carbocycles. The number of rotatable bonds is 38. The maximum atomic E-state index is 13.9. The molecular formula is C43H64N4O21. The SMILES string of the molecule is CC(=O)[C@H](CCC(=O)O)NC(=O)[C@H](CCC(=O)O)CC(=O)[C@H](CCC(=O)O)NC(=O)[C@H](CCC(=O)O)CC(=O)[C@H](CCC(=O)O)NC(=O)[C@H](CCC(=O)O)CC(=O)[C@H](CCC(=O)O)NC(C)(C)C. The van der Waals surface area contributed by atoms with Gasteiger partial charge in [0.25, 0.3) is 0 Å². The predicted molar refractivity (Wildman–Crippen MR) is 231 cm³/mol. The van der Waals surface area contributed by atoms with Crippen molar-refractivity contribution in [2.24, 2.45) is 17.8 Å². The van der Waals surface area contributed by atoms with Crippen LogP contribution < -0.4 is 21.3 Å². The fourth-order valence-corrected chi connectivity index (χ4v) is 6.81. The van der Waals surface area contributed by atoms with Crippen LogP contribution in [0, 0.1) is 17.8 Å². The largest absolute Gasteiger partial charge is 0.481 e. The summed E-state index contributed by atoms with van der Waals surface area (Å²) in [5, 5.41) is 75.1. The maximum Gasteiger partial charge on any atom is 0.303 e. The molecule has 0 spiro atoms. The zero-order valence-electron chi connectivity index (χ0n) is 38.4. The molecule has 0 rings (SSSR count). The summed E-state index contributed by atoms with van der Waals surface area (Å²) in [4.78, 5) is 175. The van der Waals surface area contributed by atoms with Crippen LogP contribution >= 0.6 is 0 Å². The van der Waals surface area contributed by atoms with E-state index in [0.717, 1.165) is 6.92 Å². The topological polar surface area (TPSA) is 429 Å². The van der Waals surface area contributed by atoms with E-state index in [9.17, 15) is 97.8 Å². The molecule has 0 saturated carbocycles. The van der Waals surface area contributed by atoms with Crippen molar-refractivity contribution in [3.05, 3.63) is 0 Å². The van der Waals surface area contributed by atoms with Gasteiger partial charge in [0.1, 0.15) is 0 Å². The van der Waals surface area contributed by atoms with E-state index >= 15 is 0 Å². The smallest absolute Gasteiger partial charge is 0.303 e. The molecule has 68 heavy (non-hydrogen) atoms. The molecule has 0 radical (unpaired) electrons. The molecule has 0 aliphatic rings. The molecule has 0 aromatic heterocycles. The second kappa shape index (κ2) is 30.6. The van der Waals surface area contributed by atoms with Crippen molar-refractivity contribution in [1.82, 2.24) is 21.3 Å². The standard InChI is InChI=1S/C43H64N4O21/c1-22(48)26(8-15-36(58)59)44-40(66)23(5-12-33(52)53)19-30(49)27(9-16-37(60)61)45-41(67)24(6-13-34(54)55)20-31(50)28(10-17-38(62)63)46-42(68)25(7-14-35(56)57)21-32(51)29(11-18-39(64)65)47-43(2,3)4/h23-29,47H,5-21H2,1-4H3,(H,44,66)(H,45,67)(H,46,68)(H,52,53)(H,54,55)(H,56,57)(H,58,59)(H,60,61)(H,62,63)(H,64,65)/t23-,24-,25-,26+,27+,28+,29+/m1/s1. The summed E-state index contributed by atoms with van der Waals surface area (Å²) < 4.78 is 0. The molecule has 0 fully saturated rings. The van der Waals surface area contributed by atoms with Crippen LogP contribution in [0.2, 0.25) is 0 Å². The van der Waals surface area contributed by atoms with Crippen LogP contribution in [0.15, 0.2) is 0 Å². The highest BCUT2D eigenvalue weighted by Crippen LogP contribution is 2.22. The number of hydrogen-bond donors (Lipinski definition) is 11. The first-order chi connectivity index (χ1) is 31.4. The van der Waals surface area contributed by atoms with Gasteiger partial charge in [0.2, 0.25) is 17.7 Å². The number of nitrogens with one attached hydrogen (secondary N) is 4. The molecule has 0 aliphatic heterocycles. The molecule has 0 aliphatic carbocycles. The Kier molecular flexibility index (Phi) is 27.6. The number of carboxylic acids is 7. The average molecular weight is 973 g/mol. The Hall–Kier alpha value is -6.66. The number of ketones is 4. The molecule has 11 N–H and O–H groups in total. The second-order valence-corrected chi connectivity index (χ2v) is 17.4. The van der Waals surface area contributed by atoms with E-state index in [1.54, 1.807) is 20.8 Å². The number of carbonyl (C=O) groups excluding carboxylic acids is 7. The van der Waals surface area contributed by atoms with Gasteiger partial charge in [-0.25, -0.2) is 0 Å². The van der Waals surface area contributed by atoms with E-state index in [1.165, 1.54) is 0 Å². The third-order valence-corrected chi connectivity index (χ3v) is 10.4. The first kappa shape index (κ1) is 61.3. The number of aliphatic carboxylic acids is 7. The molecule has 0 saturated heterocycles. The molecule has 25 heteroatoms. The minimum absolute atomic E-state index is 0.209. The highest BCUT2D eigenvalue weighted by atomic mass is 16.4. The Morgan fingerprint density at radius 2 is 0.574 bits per heavy atom. The Balaban J connectivity index is 6.84. The van der Waals surface area contributed by atoms with Crippen molar-refractivity contribution in [1.29, 1.82) is 0 Å². The Morgan fingerprint density at radius 1 is 0.353 bits per heavy atom. The normalized spacial score (nSPS) is 14.3. The number of carboxylic acid groups (broad SMARTS) is 7. The van der Waals surface area contributed by atoms with E-state index in [0.29, 0.717) is 0 Å². The summed E-state index contributed by atoms with van der Waals surface area (Å²) in [5.41, 5.74) is -0.730. The van der Waals surface area contributed by atoms with E-state index in [2.05, 4.69) is 21.3 Å². The first-order valence-corrected chi connectivity index (χ1v) is 21.7. The van der Waals surface area contributed by atoms with Gasteiger partial charge in [0, 0.05) is 87.5 Å². The van der Waals surface area contributed by atoms with Crippen LogP contribution in [-0.2, 0) is 67.1 Å². The van der Waals surface area contributed by atoms with E-state index in [4.69, 9.17) is 5.11 Å². The lowest BCUT2D eigenvalue weighted by Gasteiger charge is -2.29. The van der Waals surface area contributed by atoms with Gasteiger partial charge in [0.15, 0.2) is 23.1 Å². The summed E-state index contributed by atoms with van der Waals surface area (Å²) in [5.74, 6) is -21.1. The third kappa shape index (κ3) is 27.7. The zero-order chi connectivity index (χ0) is 52.5. The van der Waals surface area contributed by atoms with Crippen LogP contribution in [0.25, 0.3) is 0 Å². The number of amides is 3. The lowest BCUT2D eigenvalue weighted by atomic mass is 9.88. The van der Waals surface area contributed by atoms with Gasteiger partial charge in [-0.1, -0.05) is 0 Å². The Morgan fingerprint density at radius 3 is 0.824 bits per heavy atom. The monoisotopic (exact) mass is 972 g/mol. The van der Waals surface area contributed by atoms with Gasteiger partial charge >= 0.3 is 41.8 Å². The van der Waals surface area contributed by atoms with Crippen LogP contribution in [0.5, 0.6) is 0 Å². The van der Waals surface area contributed by atoms with Gasteiger partial charge < -0.3 is 57.0 Å². The first-order valence-electron chi connectivity index (χ1n) is 21.7. The van der Waals surface area contributed by atoms with Gasteiger partial charge in [0.05, 0.1) is 24.2 Å². The summed E-state index contributed by atoms with van der Waals surface area (Å²) in [6.07, 6.45) is -10.5. The van der Waals surface area contributed by atoms with E-state index in [1.807, 2.05) is 0 Å². The fraction of sp³-hybridized carbons (Fsp3) is 0.674. The van der Waals surface area contributed by atoms with Crippen molar-refractivity contribution in [3.8, 4) is 0 Å². The molecule has 0 unspecified atom stereocenters. The van der Waals surface area contributed by atoms with Gasteiger partial charge in [-0.2, -0.15) is 0 Å². The van der Waals surface area contributed by atoms with Crippen molar-refractivity contribution in [3.63, 3.8) is 0 Å². The van der Waals surface area contributed by atoms with Crippen LogP contribution in [-0.4, -0.2) is 148 Å². The average Bonchev–Trinajstić information content (AvgIpc) is 3.20. The fourth-order valence-electron chi connectivity index (χ4n) is 6.81. The van der Waals surface area contributed by atoms with Gasteiger partial charge in [-0.15, -0.1) is 0 Å². The van der Waals surface area contributed by atoms with Crippen LogP contribution in [0.4, 0.5) is 0 Å². The third-order valence-electron chi connectivity index (χ3n) is 10.4. The van der Waals surface area contributed by atoms with Crippen molar-refractivity contribution in [2.75, 3.05) is 0 Å². The lowest BCUT2D eigenvalue weighted by Crippen LogP contribution is -2.50. The minimum Gasteiger partial charge on any atom is -0.481 e. The zero-order valence-corrected chi connectivity index (χ0v) is 38.4. The number of hydrogen-bond acceptors (Lipinski definition) is 15. The highest BCUT2D eigenvalue weighted by Gasteiger charge is 2.36. The highest BCUT2D eigenvalue weighted by molar-refractivity contribution is 5.97. The molecule has 0 aromatic rings. The van der Waals surface area contributed by atoms with Crippen molar-refractivity contribution in [2.45, 2.75) is 167 Å². The Labute approximate surface area is 390 Å². The summed E-state index contributed by atoms with van der Waals surface area (Å²) in [7, 11) is 0. The van der Waals surface area contributed by atoms with Gasteiger partial charge in [-0.3, -0.25) is 67.1 Å². The van der Waals surface area contributed by atoms with E-state index in [-0.39, 0.29) is 12.8 Å². The molecule has 382 valence electrons. The molecule has 0 bridgehead atoms. The maximum absolute atomic E-state index is 13.9. The summed E-state index contributed by atoms with van der Waals surface area (Å²) in [6.45, 7) is 6.10. The predicted octanol–water partition coefficient (Wildman–Crippen LogP) is 0.566. The van der Waals surface area contributed by atoms with Gasteiger partial charge in [-0.05, 0) is 72.6 Å². The molecule has 25 nitrogen and oxygen atoms in total.